The van der Waals surface area contributed by atoms with Gasteiger partial charge in [0.1, 0.15) is 12.7 Å². The van der Waals surface area contributed by atoms with E-state index in [9.17, 15) is 9.59 Å². The van der Waals surface area contributed by atoms with E-state index in [1.807, 2.05) is 50.3 Å². The fourth-order valence-electron chi connectivity index (χ4n) is 1.84. The Morgan fingerprint density at radius 2 is 1.79 bits per heavy atom. The fourth-order valence-corrected chi connectivity index (χ4v) is 1.84. The van der Waals surface area contributed by atoms with Crippen LogP contribution in [-0.2, 0) is 25.7 Å². The summed E-state index contributed by atoms with van der Waals surface area (Å²) in [6.45, 7) is 5.84. The van der Waals surface area contributed by atoms with E-state index in [2.05, 4.69) is 0 Å². The summed E-state index contributed by atoms with van der Waals surface area (Å²) in [4.78, 5) is 23.3. The van der Waals surface area contributed by atoms with Crippen molar-refractivity contribution in [1.29, 1.82) is 0 Å². The Labute approximate surface area is 143 Å². The molecule has 0 aliphatic carbocycles. The number of rotatable bonds is 8. The Hall–Kier alpha value is -2.62. The Kier molecular flexibility index (Phi) is 8.90. The van der Waals surface area contributed by atoms with E-state index in [0.717, 1.165) is 17.6 Å². The predicted octanol–water partition coefficient (Wildman–Crippen LogP) is 4.13. The average molecular weight is 328 g/mol. The Bertz CT molecular complexity index is 612. The monoisotopic (exact) mass is 328 g/mol. The highest BCUT2D eigenvalue weighted by Gasteiger charge is 2.05. The fraction of sp³-hybridized carbons (Fsp3) is 0.300. The van der Waals surface area contributed by atoms with Gasteiger partial charge in [-0.3, -0.25) is 0 Å². The van der Waals surface area contributed by atoms with Crippen molar-refractivity contribution in [3.8, 4) is 0 Å². The number of benzene rings is 1. The third-order valence-electron chi connectivity index (χ3n) is 3.04. The third-order valence-corrected chi connectivity index (χ3v) is 3.04. The summed E-state index contributed by atoms with van der Waals surface area (Å²) in [6.07, 6.45) is 8.25. The van der Waals surface area contributed by atoms with Crippen LogP contribution in [0.15, 0.2) is 66.3 Å². The molecule has 0 aromatic heterocycles. The molecule has 1 aromatic carbocycles. The first-order valence-electron chi connectivity index (χ1n) is 7.95. The van der Waals surface area contributed by atoms with Crippen molar-refractivity contribution in [2.24, 2.45) is 0 Å². The molecule has 1 aromatic rings. The van der Waals surface area contributed by atoms with Gasteiger partial charge in [0.15, 0.2) is 0 Å². The summed E-state index contributed by atoms with van der Waals surface area (Å²) >= 11 is 0. The van der Waals surface area contributed by atoms with Gasteiger partial charge in [-0.15, -0.1) is 0 Å². The molecule has 1 atom stereocenters. The highest BCUT2D eigenvalue weighted by atomic mass is 16.5. The molecule has 0 fully saturated rings. The van der Waals surface area contributed by atoms with Gasteiger partial charge >= 0.3 is 11.9 Å². The molecular weight excluding hydrogens is 304 g/mol. The summed E-state index contributed by atoms with van der Waals surface area (Å²) in [7, 11) is 0. The predicted molar refractivity (Wildman–Crippen MR) is 94.1 cm³/mol. The highest BCUT2D eigenvalue weighted by Crippen LogP contribution is 2.02. The van der Waals surface area contributed by atoms with Crippen molar-refractivity contribution in [3.63, 3.8) is 0 Å². The van der Waals surface area contributed by atoms with Crippen LogP contribution in [0, 0.1) is 0 Å². The number of hydrogen-bond acceptors (Lipinski definition) is 4. The lowest BCUT2D eigenvalue weighted by molar-refractivity contribution is -0.141. The minimum absolute atomic E-state index is 0.212. The zero-order chi connectivity index (χ0) is 17.8. The summed E-state index contributed by atoms with van der Waals surface area (Å²) in [5, 5.41) is 0. The van der Waals surface area contributed by atoms with Gasteiger partial charge in [0.05, 0.1) is 0 Å². The molecule has 0 saturated heterocycles. The molecule has 0 N–H and O–H groups in total. The van der Waals surface area contributed by atoms with E-state index in [0.29, 0.717) is 0 Å². The topological polar surface area (TPSA) is 52.6 Å². The molecule has 1 rings (SSSR count). The number of allylic oxidation sites excluding steroid dienone is 3. The number of carbonyl (C=O) groups excluding carboxylic acids is 2. The normalized spacial score (nSPS) is 13.2. The van der Waals surface area contributed by atoms with Crippen molar-refractivity contribution in [2.75, 3.05) is 0 Å². The van der Waals surface area contributed by atoms with Crippen molar-refractivity contribution in [3.05, 3.63) is 71.8 Å². The Morgan fingerprint density at radius 3 is 2.46 bits per heavy atom. The summed E-state index contributed by atoms with van der Waals surface area (Å²) in [6, 6.07) is 9.41. The van der Waals surface area contributed by atoms with Crippen LogP contribution in [0.4, 0.5) is 0 Å². The van der Waals surface area contributed by atoms with Gasteiger partial charge in [-0.1, -0.05) is 55.0 Å². The van der Waals surface area contributed by atoms with Crippen LogP contribution in [0.3, 0.4) is 0 Å². The van der Waals surface area contributed by atoms with E-state index < -0.39 is 18.0 Å². The van der Waals surface area contributed by atoms with E-state index >= 15 is 0 Å². The molecule has 24 heavy (non-hydrogen) atoms. The molecule has 0 radical (unpaired) electrons. The standard InChI is InChI=1S/C20H24O4/c1-4-8-16(2)11-13-20(22)24-17(3)12-14-19(21)23-15-18-9-6-5-7-10-18/h5-14,17H,4,15H2,1-3H3/b13-11+,14-12-,16-8+/t17-/m1/s1. The number of ether oxygens (including phenoxy) is 2. The second-order valence-electron chi connectivity index (χ2n) is 5.28. The summed E-state index contributed by atoms with van der Waals surface area (Å²) < 4.78 is 10.2. The summed E-state index contributed by atoms with van der Waals surface area (Å²) in [5.41, 5.74) is 1.92. The van der Waals surface area contributed by atoms with E-state index in [1.165, 1.54) is 18.2 Å². The van der Waals surface area contributed by atoms with Crippen LogP contribution in [0.1, 0.15) is 32.8 Å². The SMILES string of the molecule is CC/C=C(C)/C=C/C(=O)O[C@H](C)/C=C\C(=O)OCc1ccccc1. The number of esters is 2. The lowest BCUT2D eigenvalue weighted by Gasteiger charge is -2.07. The first-order valence-corrected chi connectivity index (χ1v) is 7.95. The van der Waals surface area contributed by atoms with Gasteiger partial charge in [-0.2, -0.15) is 0 Å². The average Bonchev–Trinajstić information content (AvgIpc) is 2.57. The molecule has 0 spiro atoms. The van der Waals surface area contributed by atoms with Crippen LogP contribution in [0.5, 0.6) is 0 Å². The van der Waals surface area contributed by atoms with Crippen LogP contribution >= 0.6 is 0 Å². The lowest BCUT2D eigenvalue weighted by atomic mass is 10.2. The second-order valence-corrected chi connectivity index (χ2v) is 5.28. The largest absolute Gasteiger partial charge is 0.458 e. The quantitative estimate of drug-likeness (QED) is 0.409. The molecule has 128 valence electrons. The number of hydrogen-bond donors (Lipinski definition) is 0. The van der Waals surface area contributed by atoms with Crippen LogP contribution in [-0.4, -0.2) is 18.0 Å². The molecule has 0 aliphatic rings. The summed E-state index contributed by atoms with van der Waals surface area (Å²) in [5.74, 6) is -0.923. The van der Waals surface area contributed by atoms with Gasteiger partial charge in [0.2, 0.25) is 0 Å². The minimum atomic E-state index is -0.512. The maximum absolute atomic E-state index is 11.6. The molecular formula is C20H24O4. The molecule has 0 amide bonds. The van der Waals surface area contributed by atoms with Gasteiger partial charge in [-0.05, 0) is 31.9 Å². The minimum Gasteiger partial charge on any atom is -0.458 e. The van der Waals surface area contributed by atoms with E-state index in [4.69, 9.17) is 9.47 Å². The molecule has 0 aliphatic heterocycles. The van der Waals surface area contributed by atoms with Gasteiger partial charge in [-0.25, -0.2) is 9.59 Å². The first-order chi connectivity index (χ1) is 11.5. The third kappa shape index (κ3) is 8.73. The molecule has 0 bridgehead atoms. The molecule has 4 heteroatoms. The van der Waals surface area contributed by atoms with Gasteiger partial charge in [0.25, 0.3) is 0 Å². The highest BCUT2D eigenvalue weighted by molar-refractivity contribution is 5.83. The van der Waals surface area contributed by atoms with Crippen LogP contribution in [0.2, 0.25) is 0 Å². The van der Waals surface area contributed by atoms with Crippen molar-refractivity contribution < 1.29 is 19.1 Å². The van der Waals surface area contributed by atoms with Crippen LogP contribution < -0.4 is 0 Å². The molecule has 4 nitrogen and oxygen atoms in total. The van der Waals surface area contributed by atoms with E-state index in [-0.39, 0.29) is 6.61 Å². The Balaban J connectivity index is 2.36. The first kappa shape index (κ1) is 19.4. The second kappa shape index (κ2) is 11.0. The van der Waals surface area contributed by atoms with Crippen molar-refractivity contribution >= 4 is 11.9 Å². The zero-order valence-electron chi connectivity index (χ0n) is 14.4. The maximum atomic E-state index is 11.6. The van der Waals surface area contributed by atoms with Crippen LogP contribution in [0.25, 0.3) is 0 Å². The van der Waals surface area contributed by atoms with E-state index in [1.54, 1.807) is 13.0 Å². The molecule has 0 heterocycles. The smallest absolute Gasteiger partial charge is 0.331 e. The van der Waals surface area contributed by atoms with Gasteiger partial charge in [0, 0.05) is 12.2 Å². The number of carbonyl (C=O) groups is 2. The molecule has 0 unspecified atom stereocenters. The van der Waals surface area contributed by atoms with Crippen molar-refractivity contribution in [2.45, 2.75) is 39.9 Å². The zero-order valence-corrected chi connectivity index (χ0v) is 14.4. The lowest BCUT2D eigenvalue weighted by Crippen LogP contribution is -2.11. The Morgan fingerprint density at radius 1 is 1.08 bits per heavy atom. The maximum Gasteiger partial charge on any atom is 0.331 e. The van der Waals surface area contributed by atoms with Crippen molar-refractivity contribution in [1.82, 2.24) is 0 Å². The molecule has 0 saturated carbocycles. The van der Waals surface area contributed by atoms with Gasteiger partial charge < -0.3 is 9.47 Å².